The topological polar surface area (TPSA) is 48.0 Å². The SMILES string of the molecule is C[SiH2]OC(O[SiH2]C)C(C)(C)CCOCCN(C(C)=O)c1cc(C)c(Br)c(C)c1. The van der Waals surface area contributed by atoms with Gasteiger partial charge in [-0.1, -0.05) is 42.9 Å². The Morgan fingerprint density at radius 3 is 2.14 bits per heavy atom. The number of ether oxygens (including phenoxy) is 1. The standard InChI is InChI=1S/C20H36BrNO4Si2/c1-14-12-17(13-15(2)18(14)21)22(16(3)23)9-11-24-10-8-20(4,5)19(25-27-6)26-28-7/h12-13,19H,8-11,27-28H2,1-7H3. The first-order chi connectivity index (χ1) is 13.1. The molecule has 0 saturated carbocycles. The zero-order chi connectivity index (χ0) is 21.3. The van der Waals surface area contributed by atoms with Gasteiger partial charge in [-0.3, -0.25) is 4.79 Å². The van der Waals surface area contributed by atoms with E-state index in [2.05, 4.69) is 42.9 Å². The third-order valence-electron chi connectivity index (χ3n) is 4.74. The van der Waals surface area contributed by atoms with Crippen molar-refractivity contribution in [2.24, 2.45) is 5.41 Å². The molecule has 160 valence electrons. The zero-order valence-electron chi connectivity index (χ0n) is 18.4. The number of aryl methyl sites for hydroxylation is 2. The number of carbonyl (C=O) groups excluding carboxylic acids is 1. The maximum atomic E-state index is 12.1. The summed E-state index contributed by atoms with van der Waals surface area (Å²) >= 11 is 3.58. The first kappa shape index (κ1) is 25.5. The normalized spacial score (nSPS) is 13.7. The molecule has 8 heteroatoms. The zero-order valence-corrected chi connectivity index (χ0v) is 22.8. The average Bonchev–Trinajstić information content (AvgIpc) is 2.61. The van der Waals surface area contributed by atoms with Crippen LogP contribution >= 0.6 is 15.9 Å². The first-order valence-corrected chi connectivity index (χ1v) is 14.8. The number of hydrogen-bond acceptors (Lipinski definition) is 4. The first-order valence-electron chi connectivity index (χ1n) is 9.99. The second kappa shape index (κ2) is 12.2. The predicted molar refractivity (Wildman–Crippen MR) is 126 cm³/mol. The number of halogens is 1. The van der Waals surface area contributed by atoms with Gasteiger partial charge in [0.05, 0.1) is 6.61 Å². The van der Waals surface area contributed by atoms with Gasteiger partial charge in [0.2, 0.25) is 5.91 Å². The maximum Gasteiger partial charge on any atom is 0.223 e. The van der Waals surface area contributed by atoms with Crippen molar-refractivity contribution in [3.63, 3.8) is 0 Å². The summed E-state index contributed by atoms with van der Waals surface area (Å²) in [5.74, 6) is 0.0210. The fourth-order valence-corrected chi connectivity index (χ4v) is 5.18. The molecule has 1 amide bonds. The summed E-state index contributed by atoms with van der Waals surface area (Å²) in [5.41, 5.74) is 3.08. The molecule has 0 radical (unpaired) electrons. The average molecular weight is 491 g/mol. The van der Waals surface area contributed by atoms with Gasteiger partial charge in [-0.15, -0.1) is 0 Å². The van der Waals surface area contributed by atoms with Crippen LogP contribution in [0.1, 0.15) is 38.3 Å². The van der Waals surface area contributed by atoms with Crippen LogP contribution in [0.2, 0.25) is 13.1 Å². The Hall–Kier alpha value is -0.516. The third-order valence-corrected chi connectivity index (χ3v) is 7.26. The molecule has 0 saturated heterocycles. The van der Waals surface area contributed by atoms with Crippen LogP contribution in [0.4, 0.5) is 5.69 Å². The monoisotopic (exact) mass is 489 g/mol. The van der Waals surface area contributed by atoms with Crippen molar-refractivity contribution in [1.29, 1.82) is 0 Å². The molecule has 28 heavy (non-hydrogen) atoms. The van der Waals surface area contributed by atoms with Gasteiger partial charge in [-0.05, 0) is 43.5 Å². The van der Waals surface area contributed by atoms with Gasteiger partial charge in [-0.25, -0.2) is 0 Å². The van der Waals surface area contributed by atoms with E-state index in [1.807, 2.05) is 26.0 Å². The van der Waals surface area contributed by atoms with E-state index in [4.69, 9.17) is 13.6 Å². The fourth-order valence-electron chi connectivity index (χ4n) is 3.06. The summed E-state index contributed by atoms with van der Waals surface area (Å²) in [6.07, 6.45) is 0.740. The number of anilines is 1. The third kappa shape index (κ3) is 7.72. The summed E-state index contributed by atoms with van der Waals surface area (Å²) < 4.78 is 18.8. The Labute approximate surface area is 183 Å². The lowest BCUT2D eigenvalue weighted by atomic mass is 9.89. The largest absolute Gasteiger partial charge is 0.400 e. The Balaban J connectivity index is 2.59. The van der Waals surface area contributed by atoms with Crippen LogP contribution in [0.25, 0.3) is 0 Å². The molecule has 0 unspecified atom stereocenters. The molecular weight excluding hydrogens is 454 g/mol. The molecule has 0 heterocycles. The molecule has 0 atom stereocenters. The molecule has 0 aromatic heterocycles. The molecule has 1 aromatic rings. The van der Waals surface area contributed by atoms with E-state index >= 15 is 0 Å². The quantitative estimate of drug-likeness (QED) is 0.256. The molecule has 0 N–H and O–H groups in total. The van der Waals surface area contributed by atoms with Crippen LogP contribution in [-0.2, 0) is 18.4 Å². The summed E-state index contributed by atoms with van der Waals surface area (Å²) in [6.45, 7) is 15.9. The number of carbonyl (C=O) groups is 1. The van der Waals surface area contributed by atoms with E-state index < -0.39 is 19.5 Å². The highest BCUT2D eigenvalue weighted by atomic mass is 79.9. The van der Waals surface area contributed by atoms with Gasteiger partial charge in [0.25, 0.3) is 0 Å². The highest BCUT2D eigenvalue weighted by Gasteiger charge is 2.29. The lowest BCUT2D eigenvalue weighted by Crippen LogP contribution is -2.37. The Morgan fingerprint density at radius 1 is 1.14 bits per heavy atom. The van der Waals surface area contributed by atoms with Gasteiger partial charge >= 0.3 is 0 Å². The van der Waals surface area contributed by atoms with Crippen molar-refractivity contribution in [3.05, 3.63) is 27.7 Å². The van der Waals surface area contributed by atoms with E-state index in [0.29, 0.717) is 19.8 Å². The van der Waals surface area contributed by atoms with Crippen LogP contribution in [0.3, 0.4) is 0 Å². The van der Waals surface area contributed by atoms with Gasteiger partial charge in [0.15, 0.2) is 19.5 Å². The number of hydrogen-bond donors (Lipinski definition) is 0. The molecular formula is C20H36BrNO4Si2. The summed E-state index contributed by atoms with van der Waals surface area (Å²) in [4.78, 5) is 13.9. The number of nitrogens with zero attached hydrogens (tertiary/aromatic N) is 1. The molecule has 0 aliphatic carbocycles. The molecule has 0 bridgehead atoms. The van der Waals surface area contributed by atoms with Crippen molar-refractivity contribution in [3.8, 4) is 0 Å². The van der Waals surface area contributed by atoms with Crippen LogP contribution in [0, 0.1) is 19.3 Å². The summed E-state index contributed by atoms with van der Waals surface area (Å²) in [5, 5.41) is 0. The maximum absolute atomic E-state index is 12.1. The van der Waals surface area contributed by atoms with Crippen molar-refractivity contribution in [2.75, 3.05) is 24.7 Å². The summed E-state index contributed by atoms with van der Waals surface area (Å²) in [7, 11) is -1.03. The molecule has 1 aromatic carbocycles. The van der Waals surface area contributed by atoms with Crippen LogP contribution in [0.5, 0.6) is 0 Å². The molecule has 0 spiro atoms. The van der Waals surface area contributed by atoms with Crippen LogP contribution in [-0.4, -0.2) is 51.5 Å². The Morgan fingerprint density at radius 2 is 1.68 bits per heavy atom. The minimum Gasteiger partial charge on any atom is -0.400 e. The number of rotatable bonds is 12. The summed E-state index contributed by atoms with van der Waals surface area (Å²) in [6, 6.07) is 4.06. The van der Waals surface area contributed by atoms with E-state index in [1.165, 1.54) is 0 Å². The van der Waals surface area contributed by atoms with Crippen molar-refractivity contribution in [2.45, 2.75) is 60.4 Å². The van der Waals surface area contributed by atoms with E-state index in [9.17, 15) is 4.79 Å². The predicted octanol–water partition coefficient (Wildman–Crippen LogP) is 3.47. The number of benzene rings is 1. The van der Waals surface area contributed by atoms with E-state index in [-0.39, 0.29) is 17.6 Å². The molecule has 0 fully saturated rings. The van der Waals surface area contributed by atoms with Crippen LogP contribution in [0.15, 0.2) is 16.6 Å². The molecule has 1 rings (SSSR count). The van der Waals surface area contributed by atoms with Crippen molar-refractivity contribution >= 4 is 47.1 Å². The minimum absolute atomic E-state index is 0.0210. The Bertz CT molecular complexity index is 614. The van der Waals surface area contributed by atoms with Gasteiger partial charge in [0, 0.05) is 35.7 Å². The molecule has 5 nitrogen and oxygen atoms in total. The molecule has 0 aliphatic rings. The molecule has 0 aliphatic heterocycles. The lowest BCUT2D eigenvalue weighted by molar-refractivity contribution is -0.116. The lowest BCUT2D eigenvalue weighted by Gasteiger charge is -2.34. The van der Waals surface area contributed by atoms with E-state index in [0.717, 1.165) is 27.7 Å². The highest BCUT2D eigenvalue weighted by Crippen LogP contribution is 2.29. The minimum atomic E-state index is -0.517. The van der Waals surface area contributed by atoms with Gasteiger partial charge in [0.1, 0.15) is 6.29 Å². The van der Waals surface area contributed by atoms with Gasteiger partial charge < -0.3 is 18.5 Å². The Kier molecular flexibility index (Phi) is 11.2. The second-order valence-corrected chi connectivity index (χ2v) is 10.3. The van der Waals surface area contributed by atoms with Crippen molar-refractivity contribution in [1.82, 2.24) is 0 Å². The van der Waals surface area contributed by atoms with Crippen LogP contribution < -0.4 is 4.90 Å². The van der Waals surface area contributed by atoms with E-state index in [1.54, 1.807) is 11.8 Å². The van der Waals surface area contributed by atoms with Crippen molar-refractivity contribution < 1.29 is 18.4 Å². The highest BCUT2D eigenvalue weighted by molar-refractivity contribution is 9.10. The second-order valence-electron chi connectivity index (χ2n) is 7.66. The smallest absolute Gasteiger partial charge is 0.223 e. The van der Waals surface area contributed by atoms with Gasteiger partial charge in [-0.2, -0.15) is 0 Å². The fraction of sp³-hybridized carbons (Fsp3) is 0.650. The number of amides is 1.